The fourth-order valence-electron chi connectivity index (χ4n) is 2.21. The maximum absolute atomic E-state index is 12.3. The van der Waals surface area contributed by atoms with E-state index in [1.807, 2.05) is 0 Å². The number of nitrogens with one attached hydrogen (secondary N) is 2. The van der Waals surface area contributed by atoms with Gasteiger partial charge in [0.2, 0.25) is 15.9 Å². The van der Waals surface area contributed by atoms with Crippen molar-refractivity contribution >= 4 is 37.5 Å². The zero-order valence-corrected chi connectivity index (χ0v) is 15.2. The lowest BCUT2D eigenvalue weighted by Gasteiger charge is -2.09. The van der Waals surface area contributed by atoms with E-state index in [1.165, 1.54) is 0 Å². The number of hydrogen-bond donors (Lipinski definition) is 2. The third-order valence-corrected chi connectivity index (χ3v) is 6.18. The Morgan fingerprint density at radius 2 is 1.75 bits per heavy atom. The van der Waals surface area contributed by atoms with Crippen LogP contribution in [0.3, 0.4) is 0 Å². The van der Waals surface area contributed by atoms with Crippen molar-refractivity contribution in [2.75, 3.05) is 5.32 Å². The molecule has 24 heavy (non-hydrogen) atoms. The molecule has 2 aromatic rings. The van der Waals surface area contributed by atoms with Crippen LogP contribution in [0.4, 0.5) is 5.69 Å². The molecule has 0 atom stereocenters. The van der Waals surface area contributed by atoms with Crippen LogP contribution in [-0.2, 0) is 21.4 Å². The Morgan fingerprint density at radius 1 is 1.08 bits per heavy atom. The second-order valence-corrected chi connectivity index (χ2v) is 8.31. The fraction of sp³-hybridized carbons (Fsp3) is 0.235. The van der Waals surface area contributed by atoms with Crippen LogP contribution >= 0.6 is 15.9 Å². The smallest absolute Gasteiger partial charge is 0.241 e. The number of anilines is 1. The zero-order chi connectivity index (χ0) is 17.2. The molecule has 1 aliphatic rings. The first-order chi connectivity index (χ1) is 11.5. The van der Waals surface area contributed by atoms with E-state index in [0.29, 0.717) is 4.47 Å². The Morgan fingerprint density at radius 3 is 2.38 bits per heavy atom. The highest BCUT2D eigenvalue weighted by Gasteiger charge is 2.29. The van der Waals surface area contributed by atoms with E-state index in [9.17, 15) is 13.2 Å². The minimum Gasteiger partial charge on any atom is -0.326 e. The van der Waals surface area contributed by atoms with Gasteiger partial charge >= 0.3 is 0 Å². The molecule has 0 saturated heterocycles. The molecule has 1 aliphatic carbocycles. The van der Waals surface area contributed by atoms with E-state index in [1.54, 1.807) is 48.5 Å². The number of hydrogen-bond acceptors (Lipinski definition) is 3. The van der Waals surface area contributed by atoms with Gasteiger partial charge in [0.15, 0.2) is 0 Å². The molecule has 0 aliphatic heterocycles. The minimum absolute atomic E-state index is 0.0531. The zero-order valence-electron chi connectivity index (χ0n) is 12.8. The Bertz CT molecular complexity index is 846. The van der Waals surface area contributed by atoms with E-state index < -0.39 is 10.0 Å². The summed E-state index contributed by atoms with van der Waals surface area (Å²) in [6, 6.07) is 13.8. The van der Waals surface area contributed by atoms with Gasteiger partial charge in [0.25, 0.3) is 0 Å². The first-order valence-electron chi connectivity index (χ1n) is 7.60. The van der Waals surface area contributed by atoms with Crippen LogP contribution in [0, 0.1) is 5.92 Å². The Hall–Kier alpha value is -1.70. The highest BCUT2D eigenvalue weighted by Crippen LogP contribution is 2.30. The van der Waals surface area contributed by atoms with Crippen LogP contribution in [0.2, 0.25) is 0 Å². The van der Waals surface area contributed by atoms with Gasteiger partial charge in [-0.05, 0) is 58.6 Å². The average Bonchev–Trinajstić information content (AvgIpc) is 3.39. The molecule has 0 heterocycles. The molecule has 0 radical (unpaired) electrons. The van der Waals surface area contributed by atoms with Crippen LogP contribution < -0.4 is 10.0 Å². The maximum atomic E-state index is 12.3. The van der Waals surface area contributed by atoms with Crippen LogP contribution in [0.5, 0.6) is 0 Å². The number of carbonyl (C=O) groups is 1. The SMILES string of the molecule is O=C(Nc1ccc(CNS(=O)(=O)c2ccccc2Br)cc1)C1CC1. The highest BCUT2D eigenvalue weighted by atomic mass is 79.9. The van der Waals surface area contributed by atoms with Crippen molar-refractivity contribution in [1.29, 1.82) is 0 Å². The van der Waals surface area contributed by atoms with E-state index in [0.717, 1.165) is 24.1 Å². The lowest BCUT2D eigenvalue weighted by molar-refractivity contribution is -0.117. The number of halogens is 1. The lowest BCUT2D eigenvalue weighted by Crippen LogP contribution is -2.23. The Kier molecular flexibility index (Phi) is 5.03. The summed E-state index contributed by atoms with van der Waals surface area (Å²) in [6.07, 6.45) is 1.92. The van der Waals surface area contributed by atoms with E-state index >= 15 is 0 Å². The molecule has 126 valence electrons. The van der Waals surface area contributed by atoms with Crippen molar-refractivity contribution in [3.8, 4) is 0 Å². The molecule has 0 spiro atoms. The molecule has 2 aromatic carbocycles. The quantitative estimate of drug-likeness (QED) is 0.769. The third kappa shape index (κ3) is 4.23. The predicted octanol–water partition coefficient (Wildman–Crippen LogP) is 3.28. The number of amides is 1. The summed E-state index contributed by atoms with van der Waals surface area (Å²) in [5.74, 6) is 0.207. The van der Waals surface area contributed by atoms with Crippen molar-refractivity contribution in [1.82, 2.24) is 4.72 Å². The van der Waals surface area contributed by atoms with Crippen LogP contribution in [0.15, 0.2) is 57.9 Å². The summed E-state index contributed by atoms with van der Waals surface area (Å²) >= 11 is 3.25. The second-order valence-electron chi connectivity index (χ2n) is 5.72. The number of carbonyl (C=O) groups excluding carboxylic acids is 1. The standard InChI is InChI=1S/C17H17BrN2O3S/c18-15-3-1-2-4-16(15)24(22,23)19-11-12-5-9-14(10-6-12)20-17(21)13-7-8-13/h1-6,9-10,13,19H,7-8,11H2,(H,20,21). The van der Waals surface area contributed by atoms with Gasteiger partial charge in [0.1, 0.15) is 0 Å². The molecule has 1 saturated carbocycles. The third-order valence-electron chi connectivity index (χ3n) is 3.76. The van der Waals surface area contributed by atoms with Gasteiger partial charge in [-0.3, -0.25) is 4.79 Å². The summed E-state index contributed by atoms with van der Waals surface area (Å²) in [7, 11) is -3.59. The molecule has 3 rings (SSSR count). The molecule has 0 aromatic heterocycles. The van der Waals surface area contributed by atoms with Crippen molar-refractivity contribution in [2.24, 2.45) is 5.92 Å². The van der Waals surface area contributed by atoms with Gasteiger partial charge < -0.3 is 5.32 Å². The Balaban J connectivity index is 1.62. The topological polar surface area (TPSA) is 75.3 Å². The van der Waals surface area contributed by atoms with Crippen molar-refractivity contribution in [3.63, 3.8) is 0 Å². The molecular weight excluding hydrogens is 392 g/mol. The summed E-state index contributed by atoms with van der Waals surface area (Å²) in [4.78, 5) is 11.9. The van der Waals surface area contributed by atoms with Crippen molar-refractivity contribution < 1.29 is 13.2 Å². The van der Waals surface area contributed by atoms with Crippen molar-refractivity contribution in [2.45, 2.75) is 24.3 Å². The monoisotopic (exact) mass is 408 g/mol. The molecule has 2 N–H and O–H groups in total. The molecule has 1 amide bonds. The van der Waals surface area contributed by atoms with E-state index in [-0.39, 0.29) is 23.3 Å². The van der Waals surface area contributed by atoms with Gasteiger partial charge in [-0.1, -0.05) is 24.3 Å². The second kappa shape index (κ2) is 7.04. The summed E-state index contributed by atoms with van der Waals surface area (Å²) < 4.78 is 27.7. The minimum atomic E-state index is -3.59. The number of rotatable bonds is 6. The lowest BCUT2D eigenvalue weighted by atomic mass is 10.2. The molecule has 7 heteroatoms. The average molecular weight is 409 g/mol. The molecule has 1 fully saturated rings. The fourth-order valence-corrected chi connectivity index (χ4v) is 4.23. The summed E-state index contributed by atoms with van der Waals surface area (Å²) in [5, 5.41) is 2.85. The largest absolute Gasteiger partial charge is 0.326 e. The van der Waals surface area contributed by atoms with Crippen LogP contribution in [0.25, 0.3) is 0 Å². The predicted molar refractivity (Wildman–Crippen MR) is 96.0 cm³/mol. The van der Waals surface area contributed by atoms with Gasteiger partial charge in [-0.2, -0.15) is 0 Å². The van der Waals surface area contributed by atoms with Crippen LogP contribution in [-0.4, -0.2) is 14.3 Å². The number of benzene rings is 2. The first kappa shape index (κ1) is 17.1. The van der Waals surface area contributed by atoms with E-state index in [4.69, 9.17) is 0 Å². The maximum Gasteiger partial charge on any atom is 0.241 e. The molecule has 0 bridgehead atoms. The van der Waals surface area contributed by atoms with Crippen LogP contribution in [0.1, 0.15) is 18.4 Å². The van der Waals surface area contributed by atoms with Gasteiger partial charge in [-0.25, -0.2) is 13.1 Å². The normalized spacial score (nSPS) is 14.4. The van der Waals surface area contributed by atoms with Gasteiger partial charge in [-0.15, -0.1) is 0 Å². The van der Waals surface area contributed by atoms with Gasteiger partial charge in [0, 0.05) is 22.6 Å². The molecular formula is C17H17BrN2O3S. The van der Waals surface area contributed by atoms with Crippen molar-refractivity contribution in [3.05, 3.63) is 58.6 Å². The summed E-state index contributed by atoms with van der Waals surface area (Å²) in [5.41, 5.74) is 1.54. The first-order valence-corrected chi connectivity index (χ1v) is 9.87. The highest BCUT2D eigenvalue weighted by molar-refractivity contribution is 9.10. The Labute approximate surface area is 149 Å². The summed E-state index contributed by atoms with van der Waals surface area (Å²) in [6.45, 7) is 0.181. The van der Waals surface area contributed by atoms with Gasteiger partial charge in [0.05, 0.1) is 4.90 Å². The molecule has 5 nitrogen and oxygen atoms in total. The number of sulfonamides is 1. The van der Waals surface area contributed by atoms with E-state index in [2.05, 4.69) is 26.0 Å². The molecule has 0 unspecified atom stereocenters.